The largest absolute Gasteiger partial charge is 0.330 e. The van der Waals surface area contributed by atoms with Crippen LogP contribution in [-0.4, -0.2) is 16.5 Å². The molecule has 0 spiro atoms. The average Bonchev–Trinajstić information content (AvgIpc) is 2.28. The fourth-order valence-corrected chi connectivity index (χ4v) is 2.58. The molecule has 1 fully saturated rings. The predicted octanol–water partition coefficient (Wildman–Crippen LogP) is 2.57. The highest BCUT2D eigenvalue weighted by Crippen LogP contribution is 2.29. The van der Waals surface area contributed by atoms with Crippen LogP contribution in [0.5, 0.6) is 0 Å². The van der Waals surface area contributed by atoms with E-state index in [9.17, 15) is 0 Å². The normalized spacial score (nSPS) is 17.6. The molecular weight excluding hydrogens is 222 g/mol. The van der Waals surface area contributed by atoms with E-state index in [0.717, 1.165) is 42.5 Å². The zero-order valence-electron chi connectivity index (χ0n) is 11.9. The molecule has 1 atom stereocenters. The highest BCUT2D eigenvalue weighted by molar-refractivity contribution is 5.25. The average molecular weight is 247 g/mol. The molecule has 1 aromatic rings. The summed E-state index contributed by atoms with van der Waals surface area (Å²) >= 11 is 0. The van der Waals surface area contributed by atoms with Gasteiger partial charge in [0.2, 0.25) is 0 Å². The number of nitrogens with zero attached hydrogens (tertiary/aromatic N) is 2. The van der Waals surface area contributed by atoms with Gasteiger partial charge in [0.15, 0.2) is 0 Å². The Balaban J connectivity index is 2.12. The van der Waals surface area contributed by atoms with Crippen LogP contribution >= 0.6 is 0 Å². The third-order valence-corrected chi connectivity index (χ3v) is 4.12. The second-order valence-electron chi connectivity index (χ2n) is 5.84. The monoisotopic (exact) mass is 247 g/mol. The lowest BCUT2D eigenvalue weighted by atomic mass is 9.83. The first-order valence-corrected chi connectivity index (χ1v) is 7.13. The third kappa shape index (κ3) is 3.08. The van der Waals surface area contributed by atoms with Gasteiger partial charge in [0.05, 0.1) is 0 Å². The second-order valence-corrected chi connectivity index (χ2v) is 5.84. The van der Waals surface area contributed by atoms with E-state index in [-0.39, 0.29) is 0 Å². The number of rotatable bonds is 5. The molecule has 0 radical (unpaired) electrons. The van der Waals surface area contributed by atoms with Gasteiger partial charge in [-0.1, -0.05) is 26.2 Å². The van der Waals surface area contributed by atoms with Crippen molar-refractivity contribution in [2.24, 2.45) is 17.6 Å². The maximum absolute atomic E-state index is 5.70. The molecular formula is C15H25N3. The van der Waals surface area contributed by atoms with Crippen LogP contribution in [-0.2, 0) is 12.8 Å². The van der Waals surface area contributed by atoms with Gasteiger partial charge < -0.3 is 5.73 Å². The summed E-state index contributed by atoms with van der Waals surface area (Å²) in [6.45, 7) is 7.12. The van der Waals surface area contributed by atoms with Crippen LogP contribution in [0.1, 0.15) is 49.0 Å². The summed E-state index contributed by atoms with van der Waals surface area (Å²) in [7, 11) is 0. The van der Waals surface area contributed by atoms with Crippen molar-refractivity contribution in [1.82, 2.24) is 9.97 Å². The van der Waals surface area contributed by atoms with Crippen LogP contribution in [0.15, 0.2) is 0 Å². The Morgan fingerprint density at radius 2 is 1.83 bits per heavy atom. The molecule has 3 nitrogen and oxygen atoms in total. The summed E-state index contributed by atoms with van der Waals surface area (Å²) in [4.78, 5) is 9.38. The van der Waals surface area contributed by atoms with Crippen molar-refractivity contribution >= 4 is 0 Å². The standard InChI is InChI=1S/C15H25N3/c1-10(9-16)7-14-11(2)17-15(18-12(14)3)8-13-5-4-6-13/h10,13H,4-9,16H2,1-3H3. The van der Waals surface area contributed by atoms with Gasteiger partial charge >= 0.3 is 0 Å². The molecule has 0 bridgehead atoms. The first-order chi connectivity index (χ1) is 8.60. The topological polar surface area (TPSA) is 51.8 Å². The van der Waals surface area contributed by atoms with E-state index in [4.69, 9.17) is 15.7 Å². The van der Waals surface area contributed by atoms with E-state index in [1.54, 1.807) is 0 Å². The Morgan fingerprint density at radius 1 is 1.22 bits per heavy atom. The van der Waals surface area contributed by atoms with E-state index < -0.39 is 0 Å². The zero-order chi connectivity index (χ0) is 13.1. The van der Waals surface area contributed by atoms with Crippen LogP contribution in [0.2, 0.25) is 0 Å². The van der Waals surface area contributed by atoms with Crippen molar-refractivity contribution < 1.29 is 0 Å². The molecule has 1 aromatic heterocycles. The highest BCUT2D eigenvalue weighted by atomic mass is 14.9. The predicted molar refractivity (Wildman–Crippen MR) is 74.5 cm³/mol. The van der Waals surface area contributed by atoms with Crippen LogP contribution in [0.3, 0.4) is 0 Å². The Kier molecular flexibility index (Phi) is 4.33. The minimum absolute atomic E-state index is 0.503. The molecule has 3 heteroatoms. The summed E-state index contributed by atoms with van der Waals surface area (Å²) in [6.07, 6.45) is 6.15. The number of hydrogen-bond acceptors (Lipinski definition) is 3. The van der Waals surface area contributed by atoms with Crippen molar-refractivity contribution in [1.29, 1.82) is 0 Å². The summed E-state index contributed by atoms with van der Waals surface area (Å²) in [5.41, 5.74) is 9.30. The van der Waals surface area contributed by atoms with Gasteiger partial charge in [-0.25, -0.2) is 9.97 Å². The van der Waals surface area contributed by atoms with Crippen LogP contribution in [0, 0.1) is 25.7 Å². The third-order valence-electron chi connectivity index (χ3n) is 4.12. The number of aromatic nitrogens is 2. The Labute approximate surface area is 110 Å². The summed E-state index contributed by atoms with van der Waals surface area (Å²) in [5, 5.41) is 0. The highest BCUT2D eigenvalue weighted by Gasteiger charge is 2.20. The Bertz CT molecular complexity index is 387. The van der Waals surface area contributed by atoms with E-state index in [0.29, 0.717) is 5.92 Å². The summed E-state index contributed by atoms with van der Waals surface area (Å²) < 4.78 is 0. The first-order valence-electron chi connectivity index (χ1n) is 7.13. The molecule has 2 rings (SSSR count). The van der Waals surface area contributed by atoms with Crippen molar-refractivity contribution in [3.8, 4) is 0 Å². The molecule has 0 aliphatic heterocycles. The number of nitrogens with two attached hydrogens (primary N) is 1. The Hall–Kier alpha value is -0.960. The van der Waals surface area contributed by atoms with E-state index in [2.05, 4.69) is 20.8 Å². The van der Waals surface area contributed by atoms with Crippen LogP contribution < -0.4 is 5.73 Å². The summed E-state index contributed by atoms with van der Waals surface area (Å²) in [5.74, 6) is 2.37. The van der Waals surface area contributed by atoms with Gasteiger partial charge in [-0.05, 0) is 44.2 Å². The molecule has 100 valence electrons. The molecule has 1 aliphatic rings. The molecule has 0 aromatic carbocycles. The molecule has 0 saturated heterocycles. The fraction of sp³-hybridized carbons (Fsp3) is 0.733. The second kappa shape index (κ2) is 5.79. The quantitative estimate of drug-likeness (QED) is 0.870. The van der Waals surface area contributed by atoms with Crippen LogP contribution in [0.25, 0.3) is 0 Å². The van der Waals surface area contributed by atoms with Crippen molar-refractivity contribution in [3.05, 3.63) is 22.8 Å². The molecule has 0 amide bonds. The maximum atomic E-state index is 5.70. The minimum atomic E-state index is 0.503. The molecule has 18 heavy (non-hydrogen) atoms. The van der Waals surface area contributed by atoms with Gasteiger partial charge in [0, 0.05) is 17.8 Å². The summed E-state index contributed by atoms with van der Waals surface area (Å²) in [6, 6.07) is 0. The maximum Gasteiger partial charge on any atom is 0.129 e. The first kappa shape index (κ1) is 13.5. The smallest absolute Gasteiger partial charge is 0.129 e. The lowest BCUT2D eigenvalue weighted by molar-refractivity contribution is 0.309. The van der Waals surface area contributed by atoms with Crippen molar-refractivity contribution in [3.63, 3.8) is 0 Å². The van der Waals surface area contributed by atoms with Gasteiger partial charge in [-0.15, -0.1) is 0 Å². The van der Waals surface area contributed by atoms with Gasteiger partial charge in [-0.2, -0.15) is 0 Å². The molecule has 1 heterocycles. The van der Waals surface area contributed by atoms with Crippen LogP contribution in [0.4, 0.5) is 0 Å². The fourth-order valence-electron chi connectivity index (χ4n) is 2.58. The van der Waals surface area contributed by atoms with Crippen molar-refractivity contribution in [2.45, 2.75) is 52.9 Å². The van der Waals surface area contributed by atoms with E-state index in [1.807, 2.05) is 0 Å². The van der Waals surface area contributed by atoms with Gasteiger partial charge in [-0.3, -0.25) is 0 Å². The van der Waals surface area contributed by atoms with E-state index >= 15 is 0 Å². The van der Waals surface area contributed by atoms with Gasteiger partial charge in [0.1, 0.15) is 5.82 Å². The Morgan fingerprint density at radius 3 is 2.28 bits per heavy atom. The molecule has 1 unspecified atom stereocenters. The molecule has 1 aliphatic carbocycles. The minimum Gasteiger partial charge on any atom is -0.330 e. The lowest BCUT2D eigenvalue weighted by Gasteiger charge is -2.25. The zero-order valence-corrected chi connectivity index (χ0v) is 11.9. The van der Waals surface area contributed by atoms with Crippen molar-refractivity contribution in [2.75, 3.05) is 6.54 Å². The number of aryl methyl sites for hydroxylation is 2. The lowest BCUT2D eigenvalue weighted by Crippen LogP contribution is -2.18. The molecule has 1 saturated carbocycles. The van der Waals surface area contributed by atoms with E-state index in [1.165, 1.54) is 24.8 Å². The molecule has 2 N–H and O–H groups in total. The van der Waals surface area contributed by atoms with Gasteiger partial charge in [0.25, 0.3) is 0 Å². The number of hydrogen-bond donors (Lipinski definition) is 1. The SMILES string of the molecule is Cc1nc(CC2CCC2)nc(C)c1CC(C)CN.